The number of carbonyl (C=O) groups is 2. The summed E-state index contributed by atoms with van der Waals surface area (Å²) in [6.07, 6.45) is 0.148. The van der Waals surface area contributed by atoms with Crippen molar-refractivity contribution < 1.29 is 14.7 Å². The second-order valence-corrected chi connectivity index (χ2v) is 4.28. The van der Waals surface area contributed by atoms with Gasteiger partial charge in [0.05, 0.1) is 12.5 Å². The quantitative estimate of drug-likeness (QED) is 0.749. The zero-order chi connectivity index (χ0) is 12.1. The van der Waals surface area contributed by atoms with Crippen molar-refractivity contribution in [3.63, 3.8) is 0 Å². The number of hydrogen-bond acceptors (Lipinski definition) is 3. The summed E-state index contributed by atoms with van der Waals surface area (Å²) in [5.74, 6) is -1.31. The van der Waals surface area contributed by atoms with Gasteiger partial charge in [0.2, 0.25) is 5.91 Å². The molecule has 0 saturated heterocycles. The predicted molar refractivity (Wildman–Crippen MR) is 53.9 cm³/mol. The second-order valence-electron chi connectivity index (χ2n) is 4.28. The van der Waals surface area contributed by atoms with Crippen LogP contribution in [0.4, 0.5) is 0 Å². The minimum atomic E-state index is -1.06. The van der Waals surface area contributed by atoms with Gasteiger partial charge in [0.15, 0.2) is 0 Å². The number of aliphatic carboxylic acids is 1. The van der Waals surface area contributed by atoms with Crippen molar-refractivity contribution in [3.05, 3.63) is 0 Å². The lowest BCUT2D eigenvalue weighted by molar-refractivity contribution is -0.148. The first-order chi connectivity index (χ1) is 6.79. The van der Waals surface area contributed by atoms with Crippen molar-refractivity contribution in [3.8, 4) is 6.07 Å². The van der Waals surface area contributed by atoms with E-state index in [4.69, 9.17) is 10.4 Å². The van der Waals surface area contributed by atoms with Gasteiger partial charge in [0.1, 0.15) is 6.54 Å². The van der Waals surface area contributed by atoms with E-state index in [1.165, 1.54) is 4.90 Å². The van der Waals surface area contributed by atoms with Gasteiger partial charge in [-0.05, 0) is 0 Å². The number of amides is 1. The van der Waals surface area contributed by atoms with E-state index in [0.29, 0.717) is 0 Å². The molecule has 0 heterocycles. The molecule has 1 N–H and O–H groups in total. The molecule has 0 aliphatic heterocycles. The minimum absolute atomic E-state index is 0.148. The highest BCUT2D eigenvalue weighted by molar-refractivity contribution is 5.85. The molecule has 0 fully saturated rings. The Hall–Kier alpha value is -1.57. The van der Waals surface area contributed by atoms with E-state index in [2.05, 4.69) is 0 Å². The maximum atomic E-state index is 11.8. The highest BCUT2D eigenvalue weighted by Gasteiger charge is 2.28. The molecule has 0 aromatic rings. The molecule has 0 aliphatic carbocycles. The molecule has 0 saturated carbocycles. The zero-order valence-electron chi connectivity index (χ0n) is 9.28. The summed E-state index contributed by atoms with van der Waals surface area (Å²) in [6.45, 7) is 4.97. The van der Waals surface area contributed by atoms with E-state index in [1.807, 2.05) is 6.07 Å². The van der Waals surface area contributed by atoms with Gasteiger partial charge in [-0.1, -0.05) is 20.8 Å². The molecule has 5 nitrogen and oxygen atoms in total. The van der Waals surface area contributed by atoms with E-state index < -0.39 is 11.4 Å². The van der Waals surface area contributed by atoms with Gasteiger partial charge in [-0.2, -0.15) is 5.26 Å². The lowest BCUT2D eigenvalue weighted by Crippen LogP contribution is -2.42. The first-order valence-corrected chi connectivity index (χ1v) is 4.67. The van der Waals surface area contributed by atoms with Gasteiger partial charge >= 0.3 is 5.97 Å². The third-order valence-corrected chi connectivity index (χ3v) is 1.75. The highest BCUT2D eigenvalue weighted by Crippen LogP contribution is 2.17. The molecule has 0 aromatic carbocycles. The van der Waals surface area contributed by atoms with Crippen molar-refractivity contribution in [2.45, 2.75) is 27.2 Å². The Kier molecular flexibility index (Phi) is 4.79. The van der Waals surface area contributed by atoms with Crippen LogP contribution >= 0.6 is 0 Å². The van der Waals surface area contributed by atoms with Crippen LogP contribution in [-0.2, 0) is 9.59 Å². The van der Waals surface area contributed by atoms with E-state index >= 15 is 0 Å². The van der Waals surface area contributed by atoms with Crippen LogP contribution in [0.3, 0.4) is 0 Å². The normalized spacial score (nSPS) is 10.5. The first-order valence-electron chi connectivity index (χ1n) is 4.67. The van der Waals surface area contributed by atoms with Crippen molar-refractivity contribution >= 4 is 11.9 Å². The monoisotopic (exact) mass is 212 g/mol. The van der Waals surface area contributed by atoms with Gasteiger partial charge in [0.25, 0.3) is 0 Å². The van der Waals surface area contributed by atoms with Gasteiger partial charge in [-0.15, -0.1) is 0 Å². The Labute approximate surface area is 89.3 Å². The van der Waals surface area contributed by atoms with E-state index in [0.717, 1.165) is 0 Å². The van der Waals surface area contributed by atoms with Gasteiger partial charge in [-0.3, -0.25) is 9.59 Å². The number of carbonyl (C=O) groups excluding carboxylic acids is 1. The molecule has 0 bridgehead atoms. The molecule has 0 rings (SSSR count). The molecule has 84 valence electrons. The molecule has 0 spiro atoms. The van der Waals surface area contributed by atoms with Crippen LogP contribution in [0.5, 0.6) is 0 Å². The Bertz CT molecular complexity index is 286. The Balaban J connectivity index is 4.56. The molecule has 1 amide bonds. The SMILES string of the molecule is CC(C)(C)C(=O)N(CCC#N)CC(=O)O. The van der Waals surface area contributed by atoms with E-state index in [-0.39, 0.29) is 25.4 Å². The maximum absolute atomic E-state index is 11.8. The average Bonchev–Trinajstić information content (AvgIpc) is 2.09. The average molecular weight is 212 g/mol. The molecule has 0 aromatic heterocycles. The molecule has 0 aliphatic rings. The van der Waals surface area contributed by atoms with Crippen molar-refractivity contribution in [1.82, 2.24) is 4.90 Å². The number of carboxylic acids is 1. The smallest absolute Gasteiger partial charge is 0.323 e. The Morgan fingerprint density at radius 2 is 1.93 bits per heavy atom. The van der Waals surface area contributed by atoms with Crippen LogP contribution in [0.1, 0.15) is 27.2 Å². The number of nitrogens with zero attached hydrogens (tertiary/aromatic N) is 2. The predicted octanol–water partition coefficient (Wildman–Crippen LogP) is 0.859. The van der Waals surface area contributed by atoms with Gasteiger partial charge in [0, 0.05) is 12.0 Å². The third-order valence-electron chi connectivity index (χ3n) is 1.75. The number of nitriles is 1. The van der Waals surface area contributed by atoms with Crippen LogP contribution in [0.15, 0.2) is 0 Å². The summed E-state index contributed by atoms with van der Waals surface area (Å²) in [6, 6.07) is 1.89. The first kappa shape index (κ1) is 13.4. The zero-order valence-corrected chi connectivity index (χ0v) is 9.28. The van der Waals surface area contributed by atoms with Crippen LogP contribution in [0.25, 0.3) is 0 Å². The van der Waals surface area contributed by atoms with Crippen molar-refractivity contribution in [1.29, 1.82) is 5.26 Å². The summed E-state index contributed by atoms with van der Waals surface area (Å²) >= 11 is 0. The third kappa shape index (κ3) is 5.01. The lowest BCUT2D eigenvalue weighted by atomic mass is 9.94. The Morgan fingerprint density at radius 1 is 1.40 bits per heavy atom. The van der Waals surface area contributed by atoms with Gasteiger partial charge < -0.3 is 10.0 Å². The second kappa shape index (κ2) is 5.35. The van der Waals surface area contributed by atoms with Crippen LogP contribution in [-0.4, -0.2) is 35.0 Å². The molecular weight excluding hydrogens is 196 g/mol. The molecular formula is C10H16N2O3. The molecule has 15 heavy (non-hydrogen) atoms. The van der Waals surface area contributed by atoms with Crippen molar-refractivity contribution in [2.24, 2.45) is 5.41 Å². The number of carboxylic acid groups (broad SMARTS) is 1. The van der Waals surface area contributed by atoms with E-state index in [1.54, 1.807) is 20.8 Å². The molecule has 5 heteroatoms. The molecule has 0 unspecified atom stereocenters. The summed E-state index contributed by atoms with van der Waals surface area (Å²) in [5.41, 5.74) is -0.620. The fourth-order valence-corrected chi connectivity index (χ4v) is 1.07. The minimum Gasteiger partial charge on any atom is -0.480 e. The standard InChI is InChI=1S/C10H16N2O3/c1-10(2,3)9(15)12(6-4-5-11)7-8(13)14/h4,6-7H2,1-3H3,(H,13,14). The van der Waals surface area contributed by atoms with Crippen LogP contribution < -0.4 is 0 Å². The number of hydrogen-bond donors (Lipinski definition) is 1. The summed E-state index contributed by atoms with van der Waals surface area (Å²) in [7, 11) is 0. The summed E-state index contributed by atoms with van der Waals surface area (Å²) < 4.78 is 0. The largest absolute Gasteiger partial charge is 0.480 e. The van der Waals surface area contributed by atoms with Gasteiger partial charge in [-0.25, -0.2) is 0 Å². The van der Waals surface area contributed by atoms with Crippen molar-refractivity contribution in [2.75, 3.05) is 13.1 Å². The number of rotatable bonds is 4. The fraction of sp³-hybridized carbons (Fsp3) is 0.700. The molecule has 0 radical (unpaired) electrons. The summed E-state index contributed by atoms with van der Waals surface area (Å²) in [4.78, 5) is 23.5. The Morgan fingerprint density at radius 3 is 2.27 bits per heavy atom. The summed E-state index contributed by atoms with van der Waals surface area (Å²) in [5, 5.41) is 17.0. The topological polar surface area (TPSA) is 81.4 Å². The lowest BCUT2D eigenvalue weighted by Gasteiger charge is -2.27. The highest BCUT2D eigenvalue weighted by atomic mass is 16.4. The fourth-order valence-electron chi connectivity index (χ4n) is 1.07. The van der Waals surface area contributed by atoms with Crippen LogP contribution in [0, 0.1) is 16.7 Å². The maximum Gasteiger partial charge on any atom is 0.323 e. The van der Waals surface area contributed by atoms with E-state index in [9.17, 15) is 9.59 Å². The van der Waals surface area contributed by atoms with Crippen LogP contribution in [0.2, 0.25) is 0 Å². The molecule has 0 atom stereocenters.